The third-order valence-electron chi connectivity index (χ3n) is 5.68. The highest BCUT2D eigenvalue weighted by molar-refractivity contribution is 7.18. The van der Waals surface area contributed by atoms with Crippen LogP contribution in [0.25, 0.3) is 21.1 Å². The van der Waals surface area contributed by atoms with E-state index >= 15 is 0 Å². The van der Waals surface area contributed by atoms with Crippen LogP contribution in [-0.2, 0) is 13.0 Å². The minimum atomic E-state index is -4.26. The molecule has 0 atom stereocenters. The molecule has 11 heteroatoms. The number of hydrogen-bond donors (Lipinski definition) is 3. The number of aromatic amines is 1. The van der Waals surface area contributed by atoms with Crippen molar-refractivity contribution in [1.29, 1.82) is 0 Å². The number of aromatic nitrogens is 3. The summed E-state index contributed by atoms with van der Waals surface area (Å²) >= 11 is 1.04. The first-order chi connectivity index (χ1) is 16.2. The number of amides is 1. The second-order valence-electron chi connectivity index (χ2n) is 8.25. The van der Waals surface area contributed by atoms with Crippen molar-refractivity contribution in [2.24, 2.45) is 5.73 Å². The third kappa shape index (κ3) is 4.90. The summed E-state index contributed by atoms with van der Waals surface area (Å²) in [5.41, 5.74) is 8.70. The smallest absolute Gasteiger partial charge is 0.364 e. The fourth-order valence-corrected chi connectivity index (χ4v) is 5.11. The van der Waals surface area contributed by atoms with Crippen LogP contribution in [0, 0.1) is 0 Å². The molecule has 34 heavy (non-hydrogen) atoms. The number of primary amides is 1. The van der Waals surface area contributed by atoms with Crippen LogP contribution < -0.4 is 11.1 Å². The highest BCUT2D eigenvalue weighted by atomic mass is 32.1. The maximum atomic E-state index is 12.8. The monoisotopic (exact) mass is 486 g/mol. The minimum Gasteiger partial charge on any atom is -0.364 e. The number of H-pyrrole nitrogens is 1. The molecular weight excluding hydrogens is 465 g/mol. The number of carbonyl (C=O) groups is 1. The molecule has 0 unspecified atom stereocenters. The highest BCUT2D eigenvalue weighted by Gasteiger charge is 2.29. The number of carbonyl (C=O) groups excluding carboxylic acids is 1. The summed E-state index contributed by atoms with van der Waals surface area (Å²) in [6.45, 7) is 2.28. The van der Waals surface area contributed by atoms with Crippen LogP contribution in [-0.4, -0.2) is 45.0 Å². The second-order valence-corrected chi connectivity index (χ2v) is 9.37. The van der Waals surface area contributed by atoms with E-state index in [2.05, 4.69) is 31.2 Å². The average Bonchev–Trinajstić information content (AvgIpc) is 3.38. The summed E-state index contributed by atoms with van der Waals surface area (Å²) in [4.78, 5) is 25.8. The van der Waals surface area contributed by atoms with Gasteiger partial charge in [-0.1, -0.05) is 12.1 Å². The normalized spacial score (nSPS) is 15.1. The first kappa shape index (κ1) is 22.4. The van der Waals surface area contributed by atoms with Gasteiger partial charge in [0.1, 0.15) is 22.7 Å². The van der Waals surface area contributed by atoms with Crippen molar-refractivity contribution in [2.45, 2.75) is 25.6 Å². The highest BCUT2D eigenvalue weighted by Crippen LogP contribution is 2.33. The Bertz CT molecular complexity index is 1410. The molecule has 0 saturated carbocycles. The molecule has 4 heterocycles. The second kappa shape index (κ2) is 8.73. The lowest BCUT2D eigenvalue weighted by atomic mass is 10.1. The number of nitrogens with two attached hydrogens (primary N) is 1. The summed E-state index contributed by atoms with van der Waals surface area (Å²) in [5, 5.41) is 4.82. The van der Waals surface area contributed by atoms with Crippen molar-refractivity contribution < 1.29 is 18.0 Å². The zero-order valence-electron chi connectivity index (χ0n) is 17.9. The predicted molar refractivity (Wildman–Crippen MR) is 126 cm³/mol. The van der Waals surface area contributed by atoms with E-state index in [1.54, 1.807) is 6.07 Å². The van der Waals surface area contributed by atoms with Crippen LogP contribution in [0.5, 0.6) is 0 Å². The molecular formula is C23H21F3N6OS. The van der Waals surface area contributed by atoms with Gasteiger partial charge in [0.15, 0.2) is 0 Å². The van der Waals surface area contributed by atoms with Gasteiger partial charge < -0.3 is 16.0 Å². The van der Waals surface area contributed by atoms with Gasteiger partial charge in [0, 0.05) is 41.1 Å². The fraction of sp³-hybridized carbons (Fsp3) is 0.261. The number of anilines is 1. The molecule has 0 saturated heterocycles. The number of nitrogens with one attached hydrogen (secondary N) is 2. The molecule has 7 nitrogen and oxygen atoms in total. The number of thiophene rings is 1. The Kier molecular flexibility index (Phi) is 5.74. The number of nitrogens with zero attached hydrogens (tertiary/aromatic N) is 3. The first-order valence-corrected chi connectivity index (χ1v) is 11.5. The Morgan fingerprint density at radius 1 is 1.24 bits per heavy atom. The largest absolute Gasteiger partial charge is 0.393 e. The summed E-state index contributed by atoms with van der Waals surface area (Å²) < 4.78 is 38.3. The lowest BCUT2D eigenvalue weighted by Gasteiger charge is -2.26. The van der Waals surface area contributed by atoms with Gasteiger partial charge in [-0.3, -0.25) is 9.69 Å². The summed E-state index contributed by atoms with van der Waals surface area (Å²) in [6.07, 6.45) is -1.03. The van der Waals surface area contributed by atoms with Crippen LogP contribution in [0.3, 0.4) is 0 Å². The summed E-state index contributed by atoms with van der Waals surface area (Å²) in [5.74, 6) is 0.0384. The van der Waals surface area contributed by atoms with Gasteiger partial charge in [0.05, 0.1) is 11.8 Å². The van der Waals surface area contributed by atoms with Gasteiger partial charge in [-0.15, -0.1) is 11.3 Å². The van der Waals surface area contributed by atoms with Gasteiger partial charge >= 0.3 is 6.18 Å². The molecule has 176 valence electrons. The molecule has 5 rings (SSSR count). The quantitative estimate of drug-likeness (QED) is 0.371. The van der Waals surface area contributed by atoms with Crippen LogP contribution in [0.2, 0.25) is 0 Å². The van der Waals surface area contributed by atoms with Gasteiger partial charge in [0.2, 0.25) is 0 Å². The van der Waals surface area contributed by atoms with Crippen LogP contribution in [0.15, 0.2) is 48.4 Å². The molecule has 1 amide bonds. The Labute approximate surface area is 196 Å². The lowest BCUT2D eigenvalue weighted by Crippen LogP contribution is -2.29. The van der Waals surface area contributed by atoms with Crippen molar-refractivity contribution in [1.82, 2.24) is 19.9 Å². The van der Waals surface area contributed by atoms with Gasteiger partial charge in [-0.25, -0.2) is 9.97 Å². The Morgan fingerprint density at radius 2 is 2.09 bits per heavy atom. The van der Waals surface area contributed by atoms with Crippen LogP contribution in [0.1, 0.15) is 27.3 Å². The summed E-state index contributed by atoms with van der Waals surface area (Å²) in [7, 11) is 0. The summed E-state index contributed by atoms with van der Waals surface area (Å²) in [6, 6.07) is 9.28. The molecule has 0 aliphatic carbocycles. The van der Waals surface area contributed by atoms with E-state index < -0.39 is 18.5 Å². The molecule has 1 aromatic carbocycles. The van der Waals surface area contributed by atoms with Crippen molar-refractivity contribution >= 4 is 44.2 Å². The van der Waals surface area contributed by atoms with Crippen molar-refractivity contribution in [3.63, 3.8) is 0 Å². The maximum Gasteiger partial charge on any atom is 0.393 e. The van der Waals surface area contributed by atoms with E-state index in [1.165, 1.54) is 12.4 Å². The van der Waals surface area contributed by atoms with E-state index in [-0.39, 0.29) is 4.88 Å². The number of rotatable bonds is 6. The molecule has 1 aliphatic heterocycles. The van der Waals surface area contributed by atoms with E-state index in [9.17, 15) is 18.0 Å². The fourth-order valence-electron chi connectivity index (χ4n) is 4.08. The predicted octanol–water partition coefficient (Wildman–Crippen LogP) is 4.58. The van der Waals surface area contributed by atoms with Gasteiger partial charge in [-0.2, -0.15) is 13.2 Å². The van der Waals surface area contributed by atoms with Crippen molar-refractivity contribution in [3.8, 4) is 0 Å². The van der Waals surface area contributed by atoms with Crippen LogP contribution >= 0.6 is 11.3 Å². The molecule has 0 spiro atoms. The Morgan fingerprint density at radius 3 is 2.82 bits per heavy atom. The van der Waals surface area contributed by atoms with E-state index in [1.807, 2.05) is 18.2 Å². The number of alkyl halides is 3. The SMILES string of the molecule is NC(=O)c1cc2cc(CN3CC=C(Nc4ncnc5sc(CC(F)(F)F)cc45)CC3)ccc2[nH]1. The number of benzene rings is 1. The zero-order valence-corrected chi connectivity index (χ0v) is 18.8. The molecule has 0 fully saturated rings. The van der Waals surface area contributed by atoms with E-state index in [0.717, 1.165) is 59.6 Å². The Balaban J connectivity index is 1.25. The topological polar surface area (TPSA) is 99.9 Å². The number of hydrogen-bond acceptors (Lipinski definition) is 6. The van der Waals surface area contributed by atoms with E-state index in [0.29, 0.717) is 21.7 Å². The standard InChI is InChI=1S/C23H21F3N6OS/c24-23(25,26)10-16-9-17-21(28-12-29-22(17)34-16)30-15-3-5-32(6-4-15)11-13-1-2-18-14(7-13)8-19(31-18)20(27)33/h1-3,7-9,12,31H,4-6,10-11H2,(H2,27,33)(H,28,29,30). The molecule has 1 aliphatic rings. The molecule has 4 N–H and O–H groups in total. The number of halogens is 3. The lowest BCUT2D eigenvalue weighted by molar-refractivity contribution is -0.126. The zero-order chi connectivity index (χ0) is 23.9. The van der Waals surface area contributed by atoms with Gasteiger partial charge in [-0.05, 0) is 36.2 Å². The molecule has 3 aromatic heterocycles. The molecule has 0 bridgehead atoms. The van der Waals surface area contributed by atoms with Gasteiger partial charge in [0.25, 0.3) is 5.91 Å². The molecule has 4 aromatic rings. The molecule has 0 radical (unpaired) electrons. The van der Waals surface area contributed by atoms with E-state index in [4.69, 9.17) is 5.73 Å². The third-order valence-corrected chi connectivity index (χ3v) is 6.73. The average molecular weight is 487 g/mol. The minimum absolute atomic E-state index is 0.220. The Hall–Kier alpha value is -3.44. The number of fused-ring (bicyclic) bond motifs is 2. The maximum absolute atomic E-state index is 12.8. The first-order valence-electron chi connectivity index (χ1n) is 10.6. The van der Waals surface area contributed by atoms with Crippen LogP contribution in [0.4, 0.5) is 19.0 Å². The van der Waals surface area contributed by atoms with Crippen molar-refractivity contribution in [2.75, 3.05) is 18.4 Å². The van der Waals surface area contributed by atoms with Crippen molar-refractivity contribution in [3.05, 3.63) is 64.6 Å².